The number of nitrogens with one attached hydrogen (secondary N) is 1. The van der Waals surface area contributed by atoms with Crippen molar-refractivity contribution in [3.8, 4) is 0 Å². The van der Waals surface area contributed by atoms with Crippen molar-refractivity contribution in [2.24, 2.45) is 0 Å². The van der Waals surface area contributed by atoms with Crippen molar-refractivity contribution in [2.75, 3.05) is 59.1 Å². The van der Waals surface area contributed by atoms with Gasteiger partial charge in [0, 0.05) is 45.9 Å². The molecule has 7 nitrogen and oxygen atoms in total. The summed E-state index contributed by atoms with van der Waals surface area (Å²) in [4.78, 5) is 0. The highest BCUT2D eigenvalue weighted by molar-refractivity contribution is 7.86. The molecule has 0 bridgehead atoms. The van der Waals surface area contributed by atoms with Crippen LogP contribution in [-0.2, 0) is 19.7 Å². The maximum Gasteiger partial charge on any atom is 0.282 e. The fraction of sp³-hybridized carbons (Fsp3) is 1.00. The summed E-state index contributed by atoms with van der Waals surface area (Å²) in [6.07, 6.45) is 1.68. The minimum absolute atomic E-state index is 0.153. The fourth-order valence-electron chi connectivity index (χ4n) is 2.69. The first-order valence-corrected chi connectivity index (χ1v) is 9.19. The third-order valence-electron chi connectivity index (χ3n) is 3.91. The van der Waals surface area contributed by atoms with Gasteiger partial charge in [0.2, 0.25) is 0 Å². The molecule has 0 unspecified atom stereocenters. The molecular formula is C13H27N3O4S. The Balaban J connectivity index is 1.74. The van der Waals surface area contributed by atoms with Crippen molar-refractivity contribution in [2.45, 2.75) is 25.9 Å². The molecule has 0 saturated carbocycles. The molecule has 0 aromatic heterocycles. The standard InChI is InChI=1S/C13H27N3O4S/c1-2-19-11-12-20-13-3-7-15(8-4-13)21(17,18)16-9-5-14-6-10-16/h13-14H,2-12H2,1H3. The third kappa shape index (κ3) is 4.87. The molecule has 0 radical (unpaired) electrons. The van der Waals surface area contributed by atoms with Gasteiger partial charge in [0.25, 0.3) is 10.2 Å². The number of hydrogen-bond acceptors (Lipinski definition) is 5. The van der Waals surface area contributed by atoms with E-state index in [4.69, 9.17) is 9.47 Å². The van der Waals surface area contributed by atoms with Crippen molar-refractivity contribution < 1.29 is 17.9 Å². The molecule has 21 heavy (non-hydrogen) atoms. The number of rotatable bonds is 7. The summed E-state index contributed by atoms with van der Waals surface area (Å²) in [6, 6.07) is 0. The van der Waals surface area contributed by atoms with Crippen molar-refractivity contribution in [1.29, 1.82) is 0 Å². The minimum Gasteiger partial charge on any atom is -0.379 e. The summed E-state index contributed by atoms with van der Waals surface area (Å²) in [5.41, 5.74) is 0. The highest BCUT2D eigenvalue weighted by Crippen LogP contribution is 2.19. The molecule has 2 saturated heterocycles. The number of ether oxygens (including phenoxy) is 2. The number of hydrogen-bond donors (Lipinski definition) is 1. The molecule has 8 heteroatoms. The Morgan fingerprint density at radius 3 is 2.29 bits per heavy atom. The lowest BCUT2D eigenvalue weighted by Crippen LogP contribution is -2.53. The van der Waals surface area contributed by atoms with E-state index in [2.05, 4.69) is 5.32 Å². The average Bonchev–Trinajstić information content (AvgIpc) is 2.53. The quantitative estimate of drug-likeness (QED) is 0.649. The monoisotopic (exact) mass is 321 g/mol. The predicted molar refractivity (Wildman–Crippen MR) is 80.4 cm³/mol. The van der Waals surface area contributed by atoms with Crippen LogP contribution >= 0.6 is 0 Å². The van der Waals surface area contributed by atoms with Crippen LogP contribution in [0.5, 0.6) is 0 Å². The van der Waals surface area contributed by atoms with Gasteiger partial charge < -0.3 is 14.8 Å². The van der Waals surface area contributed by atoms with E-state index in [0.717, 1.165) is 25.9 Å². The molecule has 2 aliphatic rings. The Kier molecular flexibility index (Phi) is 6.84. The molecule has 2 heterocycles. The third-order valence-corrected chi connectivity index (χ3v) is 5.95. The van der Waals surface area contributed by atoms with Crippen molar-refractivity contribution >= 4 is 10.2 Å². The highest BCUT2D eigenvalue weighted by atomic mass is 32.2. The van der Waals surface area contributed by atoms with Gasteiger partial charge in [-0.2, -0.15) is 17.0 Å². The van der Waals surface area contributed by atoms with E-state index in [1.54, 1.807) is 8.61 Å². The van der Waals surface area contributed by atoms with Crippen LogP contribution in [0.4, 0.5) is 0 Å². The van der Waals surface area contributed by atoms with E-state index in [1.165, 1.54) is 0 Å². The molecule has 0 atom stereocenters. The lowest BCUT2D eigenvalue weighted by molar-refractivity contribution is -0.0126. The SMILES string of the molecule is CCOCCOC1CCN(S(=O)(=O)N2CCNCC2)CC1. The Labute approximate surface area is 127 Å². The second-order valence-corrected chi connectivity index (χ2v) is 7.25. The second kappa shape index (κ2) is 8.40. The molecule has 0 aliphatic carbocycles. The van der Waals surface area contributed by atoms with Crippen molar-refractivity contribution in [3.63, 3.8) is 0 Å². The van der Waals surface area contributed by atoms with Gasteiger partial charge in [-0.25, -0.2) is 0 Å². The minimum atomic E-state index is -3.29. The number of piperidine rings is 1. The topological polar surface area (TPSA) is 71.1 Å². The summed E-state index contributed by atoms with van der Waals surface area (Å²) in [7, 11) is -3.29. The number of nitrogens with zero attached hydrogens (tertiary/aromatic N) is 2. The van der Waals surface area contributed by atoms with E-state index in [0.29, 0.717) is 46.0 Å². The summed E-state index contributed by atoms with van der Waals surface area (Å²) in [5, 5.41) is 3.17. The van der Waals surface area contributed by atoms with Crippen molar-refractivity contribution in [3.05, 3.63) is 0 Å². The van der Waals surface area contributed by atoms with Gasteiger partial charge in [0.15, 0.2) is 0 Å². The summed E-state index contributed by atoms with van der Waals surface area (Å²) in [5.74, 6) is 0. The first-order chi connectivity index (χ1) is 10.1. The van der Waals surface area contributed by atoms with Crippen LogP contribution in [0.25, 0.3) is 0 Å². The van der Waals surface area contributed by atoms with E-state index in [-0.39, 0.29) is 6.10 Å². The second-order valence-electron chi connectivity index (χ2n) is 5.32. The van der Waals surface area contributed by atoms with Crippen LogP contribution in [0.2, 0.25) is 0 Å². The van der Waals surface area contributed by atoms with Gasteiger partial charge in [-0.1, -0.05) is 0 Å². The molecule has 0 aromatic carbocycles. The smallest absolute Gasteiger partial charge is 0.282 e. The van der Waals surface area contributed by atoms with Gasteiger partial charge >= 0.3 is 0 Å². The molecule has 2 fully saturated rings. The van der Waals surface area contributed by atoms with Crippen LogP contribution in [0, 0.1) is 0 Å². The zero-order valence-electron chi connectivity index (χ0n) is 12.8. The molecule has 1 N–H and O–H groups in total. The lowest BCUT2D eigenvalue weighted by atomic mass is 10.1. The molecular weight excluding hydrogens is 294 g/mol. The average molecular weight is 321 g/mol. The largest absolute Gasteiger partial charge is 0.379 e. The molecule has 2 aliphatic heterocycles. The Hall–Kier alpha value is -0.250. The predicted octanol–water partition coefficient (Wildman–Crippen LogP) is -0.346. The lowest BCUT2D eigenvalue weighted by Gasteiger charge is -2.36. The maximum absolute atomic E-state index is 12.5. The summed E-state index contributed by atoms with van der Waals surface area (Å²) in [6.45, 7) is 7.53. The van der Waals surface area contributed by atoms with E-state index in [9.17, 15) is 8.42 Å². The first kappa shape index (κ1) is 17.1. The molecule has 0 spiro atoms. The number of piperazine rings is 1. The maximum atomic E-state index is 12.5. The highest BCUT2D eigenvalue weighted by Gasteiger charge is 2.33. The summed E-state index contributed by atoms with van der Waals surface area (Å²) >= 11 is 0. The van der Waals surface area contributed by atoms with Gasteiger partial charge in [0.05, 0.1) is 19.3 Å². The zero-order chi connectivity index (χ0) is 15.1. The molecule has 0 amide bonds. The first-order valence-electron chi connectivity index (χ1n) is 7.80. The van der Waals surface area contributed by atoms with Crippen LogP contribution < -0.4 is 5.32 Å². The molecule has 0 aromatic rings. The van der Waals surface area contributed by atoms with E-state index < -0.39 is 10.2 Å². The van der Waals surface area contributed by atoms with Gasteiger partial charge in [-0.05, 0) is 19.8 Å². The fourth-order valence-corrected chi connectivity index (χ4v) is 4.33. The zero-order valence-corrected chi connectivity index (χ0v) is 13.6. The Bertz CT molecular complexity index is 390. The van der Waals surface area contributed by atoms with Crippen LogP contribution in [0.3, 0.4) is 0 Å². The van der Waals surface area contributed by atoms with Crippen LogP contribution in [-0.4, -0.2) is 82.2 Å². The van der Waals surface area contributed by atoms with E-state index in [1.807, 2.05) is 6.92 Å². The Morgan fingerprint density at radius 1 is 1.05 bits per heavy atom. The van der Waals surface area contributed by atoms with Gasteiger partial charge in [-0.15, -0.1) is 0 Å². The van der Waals surface area contributed by atoms with Gasteiger partial charge in [0.1, 0.15) is 0 Å². The van der Waals surface area contributed by atoms with Crippen LogP contribution in [0.15, 0.2) is 0 Å². The van der Waals surface area contributed by atoms with Crippen molar-refractivity contribution in [1.82, 2.24) is 13.9 Å². The van der Waals surface area contributed by atoms with E-state index >= 15 is 0 Å². The van der Waals surface area contributed by atoms with Gasteiger partial charge in [-0.3, -0.25) is 0 Å². The molecule has 2 rings (SSSR count). The summed E-state index contributed by atoms with van der Waals surface area (Å²) < 4.78 is 39.2. The molecule has 124 valence electrons. The van der Waals surface area contributed by atoms with Crippen LogP contribution in [0.1, 0.15) is 19.8 Å². The normalized spacial score (nSPS) is 23.5. The Morgan fingerprint density at radius 2 is 1.67 bits per heavy atom.